The minimum absolute atomic E-state index is 0.0891. The van der Waals surface area contributed by atoms with Crippen LogP contribution in [0, 0.1) is 11.3 Å². The molecular weight excluding hydrogens is 258 g/mol. The Morgan fingerprint density at radius 1 is 1.15 bits per heavy atom. The number of phenols is 2. The van der Waals surface area contributed by atoms with E-state index in [-0.39, 0.29) is 22.7 Å². The predicted octanol–water partition coefficient (Wildman–Crippen LogP) is 1.80. The third kappa shape index (κ3) is 2.79. The van der Waals surface area contributed by atoms with Crippen molar-refractivity contribution in [2.24, 2.45) is 0 Å². The summed E-state index contributed by atoms with van der Waals surface area (Å²) in [6.07, 6.45) is 0. The van der Waals surface area contributed by atoms with E-state index < -0.39 is 5.91 Å². The van der Waals surface area contributed by atoms with Crippen LogP contribution < -0.4 is 11.1 Å². The maximum Gasteiger partial charge on any atom is 0.255 e. The van der Waals surface area contributed by atoms with Crippen LogP contribution in [-0.2, 0) is 0 Å². The standard InChI is InChI=1S/C14H11N3O3/c15-7-8-1-2-13(12(16)3-8)17-14(20)9-4-10(18)6-11(19)5-9/h1-6,18-19H,16H2,(H,17,20). The van der Waals surface area contributed by atoms with Crippen molar-refractivity contribution in [3.05, 3.63) is 47.5 Å². The predicted molar refractivity (Wildman–Crippen MR) is 73.3 cm³/mol. The van der Waals surface area contributed by atoms with Crippen LogP contribution in [0.4, 0.5) is 11.4 Å². The van der Waals surface area contributed by atoms with Gasteiger partial charge in [-0.05, 0) is 30.3 Å². The molecule has 0 spiro atoms. The highest BCUT2D eigenvalue weighted by molar-refractivity contribution is 6.06. The van der Waals surface area contributed by atoms with Gasteiger partial charge in [0.05, 0.1) is 23.0 Å². The summed E-state index contributed by atoms with van der Waals surface area (Å²) in [5, 5.41) is 29.9. The number of nitrogens with zero attached hydrogens (tertiary/aromatic N) is 1. The Bertz CT molecular complexity index is 700. The number of carbonyl (C=O) groups excluding carboxylic acids is 1. The van der Waals surface area contributed by atoms with Gasteiger partial charge in [0.1, 0.15) is 11.5 Å². The van der Waals surface area contributed by atoms with Crippen molar-refractivity contribution in [1.29, 1.82) is 5.26 Å². The summed E-state index contributed by atoms with van der Waals surface area (Å²) in [4.78, 5) is 12.0. The van der Waals surface area contributed by atoms with E-state index in [0.717, 1.165) is 6.07 Å². The zero-order valence-corrected chi connectivity index (χ0v) is 10.3. The van der Waals surface area contributed by atoms with Gasteiger partial charge >= 0.3 is 0 Å². The maximum absolute atomic E-state index is 12.0. The number of carbonyl (C=O) groups is 1. The second-order valence-electron chi connectivity index (χ2n) is 4.11. The number of benzene rings is 2. The number of nitriles is 1. The first-order valence-electron chi connectivity index (χ1n) is 5.63. The molecule has 6 nitrogen and oxygen atoms in total. The molecule has 0 bridgehead atoms. The van der Waals surface area contributed by atoms with Gasteiger partial charge in [0.15, 0.2) is 0 Å². The fourth-order valence-corrected chi connectivity index (χ4v) is 1.67. The van der Waals surface area contributed by atoms with Crippen molar-refractivity contribution >= 4 is 17.3 Å². The molecule has 20 heavy (non-hydrogen) atoms. The quantitative estimate of drug-likeness (QED) is 0.620. The van der Waals surface area contributed by atoms with Crippen molar-refractivity contribution in [2.45, 2.75) is 0 Å². The van der Waals surface area contributed by atoms with Crippen LogP contribution in [0.15, 0.2) is 36.4 Å². The van der Waals surface area contributed by atoms with Crippen molar-refractivity contribution in [2.75, 3.05) is 11.1 Å². The fraction of sp³-hybridized carbons (Fsp3) is 0. The Morgan fingerprint density at radius 2 is 1.80 bits per heavy atom. The van der Waals surface area contributed by atoms with Gasteiger partial charge in [-0.25, -0.2) is 0 Å². The first-order chi connectivity index (χ1) is 9.49. The number of hydrogen-bond acceptors (Lipinski definition) is 5. The zero-order chi connectivity index (χ0) is 14.7. The topological polar surface area (TPSA) is 119 Å². The number of amides is 1. The van der Waals surface area contributed by atoms with Gasteiger partial charge in [0.2, 0.25) is 0 Å². The van der Waals surface area contributed by atoms with Gasteiger partial charge in [0.25, 0.3) is 5.91 Å². The van der Waals surface area contributed by atoms with Crippen LogP contribution in [0.1, 0.15) is 15.9 Å². The van der Waals surface area contributed by atoms with Gasteiger partial charge in [0, 0.05) is 11.6 Å². The molecule has 100 valence electrons. The monoisotopic (exact) mass is 269 g/mol. The normalized spacial score (nSPS) is 9.75. The van der Waals surface area contributed by atoms with E-state index in [1.54, 1.807) is 0 Å². The number of rotatable bonds is 2. The number of nitrogens with one attached hydrogen (secondary N) is 1. The molecule has 0 atom stereocenters. The lowest BCUT2D eigenvalue weighted by Crippen LogP contribution is -2.13. The number of nitrogen functional groups attached to an aromatic ring is 1. The maximum atomic E-state index is 12.0. The molecule has 0 radical (unpaired) electrons. The molecule has 1 amide bonds. The minimum Gasteiger partial charge on any atom is -0.508 e. The Kier molecular flexibility index (Phi) is 3.44. The molecule has 0 saturated heterocycles. The largest absolute Gasteiger partial charge is 0.508 e. The van der Waals surface area contributed by atoms with E-state index in [2.05, 4.69) is 5.32 Å². The number of aromatic hydroxyl groups is 2. The number of nitrogens with two attached hydrogens (primary N) is 1. The Morgan fingerprint density at radius 3 is 2.35 bits per heavy atom. The van der Waals surface area contributed by atoms with E-state index in [9.17, 15) is 15.0 Å². The molecule has 0 unspecified atom stereocenters. The van der Waals surface area contributed by atoms with Crippen molar-refractivity contribution in [3.8, 4) is 17.6 Å². The molecule has 6 heteroatoms. The van der Waals surface area contributed by atoms with Gasteiger partial charge in [-0.1, -0.05) is 0 Å². The second-order valence-corrected chi connectivity index (χ2v) is 4.11. The van der Waals surface area contributed by atoms with Crippen LogP contribution >= 0.6 is 0 Å². The third-order valence-electron chi connectivity index (χ3n) is 2.59. The molecule has 0 saturated carbocycles. The highest BCUT2D eigenvalue weighted by Gasteiger charge is 2.10. The van der Waals surface area contributed by atoms with E-state index in [4.69, 9.17) is 11.0 Å². The molecule has 0 aliphatic rings. The summed E-state index contributed by atoms with van der Waals surface area (Å²) in [5.41, 5.74) is 6.79. The first kappa shape index (κ1) is 13.2. The second kappa shape index (κ2) is 5.20. The SMILES string of the molecule is N#Cc1ccc(NC(=O)c2cc(O)cc(O)c2)c(N)c1. The molecule has 2 rings (SSSR count). The van der Waals surface area contributed by atoms with E-state index in [0.29, 0.717) is 11.3 Å². The first-order valence-corrected chi connectivity index (χ1v) is 5.63. The lowest BCUT2D eigenvalue weighted by atomic mass is 10.1. The molecule has 0 fully saturated rings. The average molecular weight is 269 g/mol. The summed E-state index contributed by atoms with van der Waals surface area (Å²) in [7, 11) is 0. The summed E-state index contributed by atoms with van der Waals surface area (Å²) < 4.78 is 0. The van der Waals surface area contributed by atoms with Crippen LogP contribution in [0.3, 0.4) is 0 Å². The van der Waals surface area contributed by atoms with Crippen LogP contribution in [0.2, 0.25) is 0 Å². The van der Waals surface area contributed by atoms with Crippen molar-refractivity contribution in [1.82, 2.24) is 0 Å². The number of anilines is 2. The Balaban J connectivity index is 2.26. The Hall–Kier alpha value is -3.20. The molecule has 5 N–H and O–H groups in total. The molecule has 0 heterocycles. The summed E-state index contributed by atoms with van der Waals surface area (Å²) in [6, 6.07) is 9.96. The van der Waals surface area contributed by atoms with Gasteiger partial charge in [-0.15, -0.1) is 0 Å². The van der Waals surface area contributed by atoms with E-state index in [1.807, 2.05) is 6.07 Å². The average Bonchev–Trinajstić information content (AvgIpc) is 2.39. The minimum atomic E-state index is -0.535. The lowest BCUT2D eigenvalue weighted by molar-refractivity contribution is 0.102. The smallest absolute Gasteiger partial charge is 0.255 e. The van der Waals surface area contributed by atoms with E-state index in [1.165, 1.54) is 30.3 Å². The highest BCUT2D eigenvalue weighted by atomic mass is 16.3. The molecule has 0 aliphatic heterocycles. The Labute approximate surface area is 114 Å². The van der Waals surface area contributed by atoms with Gasteiger partial charge in [-0.3, -0.25) is 4.79 Å². The number of hydrogen-bond donors (Lipinski definition) is 4. The molecule has 0 aliphatic carbocycles. The van der Waals surface area contributed by atoms with Crippen LogP contribution in [-0.4, -0.2) is 16.1 Å². The zero-order valence-electron chi connectivity index (χ0n) is 10.3. The lowest BCUT2D eigenvalue weighted by Gasteiger charge is -2.09. The number of phenolic OH excluding ortho intramolecular Hbond substituents is 2. The van der Waals surface area contributed by atoms with Crippen molar-refractivity contribution < 1.29 is 15.0 Å². The molecule has 2 aromatic rings. The summed E-state index contributed by atoms with van der Waals surface area (Å²) in [5.74, 6) is -0.974. The molecule has 2 aromatic carbocycles. The molecule has 0 aromatic heterocycles. The van der Waals surface area contributed by atoms with Gasteiger partial charge < -0.3 is 21.3 Å². The van der Waals surface area contributed by atoms with Crippen molar-refractivity contribution in [3.63, 3.8) is 0 Å². The highest BCUT2D eigenvalue weighted by Crippen LogP contribution is 2.23. The van der Waals surface area contributed by atoms with E-state index >= 15 is 0 Å². The summed E-state index contributed by atoms with van der Waals surface area (Å²) in [6.45, 7) is 0. The molecular formula is C14H11N3O3. The fourth-order valence-electron chi connectivity index (χ4n) is 1.67. The summed E-state index contributed by atoms with van der Waals surface area (Å²) >= 11 is 0. The van der Waals surface area contributed by atoms with Crippen LogP contribution in [0.5, 0.6) is 11.5 Å². The van der Waals surface area contributed by atoms with Crippen LogP contribution in [0.25, 0.3) is 0 Å². The third-order valence-corrected chi connectivity index (χ3v) is 2.59. The van der Waals surface area contributed by atoms with Gasteiger partial charge in [-0.2, -0.15) is 5.26 Å².